The zero-order valence-electron chi connectivity index (χ0n) is 11.2. The van der Waals surface area contributed by atoms with Crippen molar-refractivity contribution in [2.75, 3.05) is 13.2 Å². The number of ether oxygens (including phenoxy) is 1. The quantitative estimate of drug-likeness (QED) is 0.621. The van der Waals surface area contributed by atoms with Gasteiger partial charge < -0.3 is 9.64 Å². The van der Waals surface area contributed by atoms with Crippen molar-refractivity contribution in [3.8, 4) is 0 Å². The van der Waals surface area contributed by atoms with Gasteiger partial charge in [-0.05, 0) is 25.7 Å². The molecule has 0 aliphatic carbocycles. The van der Waals surface area contributed by atoms with Crippen molar-refractivity contribution >= 4 is 11.9 Å². The number of carbonyl (C=O) groups is 2. The van der Waals surface area contributed by atoms with Crippen molar-refractivity contribution in [2.45, 2.75) is 57.9 Å². The smallest absolute Gasteiger partial charge is 0.305 e. The minimum Gasteiger partial charge on any atom is -0.463 e. The summed E-state index contributed by atoms with van der Waals surface area (Å²) in [7, 11) is 0. The second kappa shape index (κ2) is 6.21. The molecule has 1 amide bonds. The lowest BCUT2D eigenvalue weighted by Gasteiger charge is -2.27. The van der Waals surface area contributed by atoms with Crippen LogP contribution in [0.5, 0.6) is 0 Å². The van der Waals surface area contributed by atoms with Gasteiger partial charge in [0, 0.05) is 18.9 Å². The third kappa shape index (κ3) is 3.24. The van der Waals surface area contributed by atoms with Crippen LogP contribution in [-0.2, 0) is 14.3 Å². The Bertz CT molecular complexity index is 316. The van der Waals surface area contributed by atoms with Gasteiger partial charge in [-0.3, -0.25) is 9.59 Å². The SMILES string of the molecule is C[C@@H]1CCCCCC(=O)OC[C@@H]2CCCN2C1=O. The Labute approximate surface area is 109 Å². The fraction of sp³-hybridized carbons (Fsp3) is 0.857. The molecule has 2 aliphatic heterocycles. The molecule has 0 aromatic carbocycles. The summed E-state index contributed by atoms with van der Waals surface area (Å²) in [6, 6.07) is 0.114. The van der Waals surface area contributed by atoms with E-state index in [0.717, 1.165) is 45.1 Å². The van der Waals surface area contributed by atoms with Crippen molar-refractivity contribution < 1.29 is 14.3 Å². The predicted octanol–water partition coefficient (Wildman–Crippen LogP) is 2.12. The first-order chi connectivity index (χ1) is 8.68. The van der Waals surface area contributed by atoms with Crippen LogP contribution < -0.4 is 0 Å². The fourth-order valence-electron chi connectivity index (χ4n) is 2.86. The third-order valence-electron chi connectivity index (χ3n) is 4.04. The summed E-state index contributed by atoms with van der Waals surface area (Å²) < 4.78 is 5.28. The maximum Gasteiger partial charge on any atom is 0.305 e. The Morgan fingerprint density at radius 2 is 1.94 bits per heavy atom. The number of fused-ring (bicyclic) bond motifs is 1. The van der Waals surface area contributed by atoms with E-state index in [-0.39, 0.29) is 23.8 Å². The van der Waals surface area contributed by atoms with Crippen molar-refractivity contribution in [1.29, 1.82) is 0 Å². The zero-order chi connectivity index (χ0) is 13.0. The average molecular weight is 253 g/mol. The van der Waals surface area contributed by atoms with E-state index in [1.54, 1.807) is 0 Å². The maximum atomic E-state index is 12.3. The molecule has 0 saturated carbocycles. The van der Waals surface area contributed by atoms with Crippen LogP contribution in [0.3, 0.4) is 0 Å². The molecule has 0 aromatic heterocycles. The summed E-state index contributed by atoms with van der Waals surface area (Å²) in [5.41, 5.74) is 0. The van der Waals surface area contributed by atoms with Gasteiger partial charge in [0.15, 0.2) is 0 Å². The van der Waals surface area contributed by atoms with Gasteiger partial charge in [0.1, 0.15) is 6.61 Å². The van der Waals surface area contributed by atoms with Gasteiger partial charge >= 0.3 is 5.97 Å². The van der Waals surface area contributed by atoms with Gasteiger partial charge in [0.25, 0.3) is 0 Å². The minimum absolute atomic E-state index is 0.108. The molecule has 4 heteroatoms. The van der Waals surface area contributed by atoms with Crippen molar-refractivity contribution in [3.63, 3.8) is 0 Å². The second-order valence-corrected chi connectivity index (χ2v) is 5.51. The maximum absolute atomic E-state index is 12.3. The first-order valence-corrected chi connectivity index (χ1v) is 7.14. The molecule has 102 valence electrons. The molecule has 2 rings (SSSR count). The first-order valence-electron chi connectivity index (χ1n) is 7.14. The molecular formula is C14H23NO3. The highest BCUT2D eigenvalue weighted by molar-refractivity contribution is 5.79. The van der Waals surface area contributed by atoms with Crippen molar-refractivity contribution in [3.05, 3.63) is 0 Å². The summed E-state index contributed by atoms with van der Waals surface area (Å²) in [6.45, 7) is 3.23. The second-order valence-electron chi connectivity index (χ2n) is 5.51. The van der Waals surface area contributed by atoms with E-state index >= 15 is 0 Å². The summed E-state index contributed by atoms with van der Waals surface area (Å²) in [5, 5.41) is 0. The molecule has 2 aliphatic rings. The number of carbonyl (C=O) groups excluding carboxylic acids is 2. The monoisotopic (exact) mass is 253 g/mol. The lowest BCUT2D eigenvalue weighted by atomic mass is 10.0. The molecule has 4 nitrogen and oxygen atoms in total. The minimum atomic E-state index is -0.108. The number of nitrogens with zero attached hydrogens (tertiary/aromatic N) is 1. The highest BCUT2D eigenvalue weighted by Crippen LogP contribution is 2.23. The molecule has 2 saturated heterocycles. The lowest BCUT2D eigenvalue weighted by molar-refractivity contribution is -0.148. The molecule has 18 heavy (non-hydrogen) atoms. The van der Waals surface area contributed by atoms with Crippen LogP contribution in [0.25, 0.3) is 0 Å². The Hall–Kier alpha value is -1.06. The molecule has 0 spiro atoms. The Morgan fingerprint density at radius 3 is 2.78 bits per heavy atom. The first kappa shape index (κ1) is 13.4. The van der Waals surface area contributed by atoms with Crippen LogP contribution in [-0.4, -0.2) is 36.0 Å². The number of esters is 1. The van der Waals surface area contributed by atoms with Crippen LogP contribution in [0.1, 0.15) is 51.9 Å². The van der Waals surface area contributed by atoms with Crippen molar-refractivity contribution in [1.82, 2.24) is 4.90 Å². The summed E-state index contributed by atoms with van der Waals surface area (Å²) in [5.74, 6) is 0.248. The Kier molecular flexibility index (Phi) is 4.61. The molecule has 2 atom stereocenters. The fourth-order valence-corrected chi connectivity index (χ4v) is 2.86. The average Bonchev–Trinajstić information content (AvgIpc) is 2.81. The molecule has 2 fully saturated rings. The van der Waals surface area contributed by atoms with Gasteiger partial charge in [-0.15, -0.1) is 0 Å². The standard InChI is InChI=1S/C14H23NO3/c1-11-6-3-2-4-8-13(16)18-10-12-7-5-9-15(12)14(11)17/h11-12H,2-10H2,1H3/t11-,12+/m1/s1. The van der Waals surface area contributed by atoms with Gasteiger partial charge in [0.2, 0.25) is 5.91 Å². The lowest BCUT2D eigenvalue weighted by Crippen LogP contribution is -2.41. The summed E-state index contributed by atoms with van der Waals surface area (Å²) in [4.78, 5) is 25.7. The Morgan fingerprint density at radius 1 is 1.11 bits per heavy atom. The van der Waals surface area contributed by atoms with Gasteiger partial charge in [-0.1, -0.05) is 19.8 Å². The molecule has 2 heterocycles. The van der Waals surface area contributed by atoms with E-state index < -0.39 is 0 Å². The predicted molar refractivity (Wildman–Crippen MR) is 67.9 cm³/mol. The van der Waals surface area contributed by atoms with E-state index in [1.807, 2.05) is 11.8 Å². The topological polar surface area (TPSA) is 46.6 Å². The molecular weight excluding hydrogens is 230 g/mol. The highest BCUT2D eigenvalue weighted by Gasteiger charge is 2.32. The highest BCUT2D eigenvalue weighted by atomic mass is 16.5. The van der Waals surface area contributed by atoms with Crippen LogP contribution in [0.15, 0.2) is 0 Å². The normalized spacial score (nSPS) is 31.3. The molecule has 0 radical (unpaired) electrons. The molecule has 0 N–H and O–H groups in total. The van der Waals surface area contributed by atoms with E-state index in [2.05, 4.69) is 0 Å². The molecule has 0 bridgehead atoms. The van der Waals surface area contributed by atoms with E-state index in [9.17, 15) is 9.59 Å². The Balaban J connectivity index is 2.01. The van der Waals surface area contributed by atoms with Crippen LogP contribution in [0.2, 0.25) is 0 Å². The summed E-state index contributed by atoms with van der Waals surface area (Å²) >= 11 is 0. The third-order valence-corrected chi connectivity index (χ3v) is 4.04. The van der Waals surface area contributed by atoms with E-state index in [4.69, 9.17) is 4.74 Å². The number of hydrogen-bond donors (Lipinski definition) is 0. The zero-order valence-corrected chi connectivity index (χ0v) is 11.2. The largest absolute Gasteiger partial charge is 0.463 e. The number of amides is 1. The molecule has 0 unspecified atom stereocenters. The number of hydrogen-bond acceptors (Lipinski definition) is 3. The van der Waals surface area contributed by atoms with Crippen molar-refractivity contribution in [2.24, 2.45) is 5.92 Å². The van der Waals surface area contributed by atoms with E-state index in [0.29, 0.717) is 13.0 Å². The molecule has 0 aromatic rings. The van der Waals surface area contributed by atoms with E-state index in [1.165, 1.54) is 0 Å². The summed E-state index contributed by atoms with van der Waals surface area (Å²) in [6.07, 6.45) is 6.38. The van der Waals surface area contributed by atoms with Gasteiger partial charge in [0.05, 0.1) is 6.04 Å². The number of rotatable bonds is 0. The van der Waals surface area contributed by atoms with Crippen LogP contribution in [0.4, 0.5) is 0 Å². The van der Waals surface area contributed by atoms with Crippen LogP contribution >= 0.6 is 0 Å². The van der Waals surface area contributed by atoms with Crippen LogP contribution in [0, 0.1) is 5.92 Å². The number of cyclic esters (lactones) is 1. The van der Waals surface area contributed by atoms with Gasteiger partial charge in [-0.25, -0.2) is 0 Å². The van der Waals surface area contributed by atoms with Gasteiger partial charge in [-0.2, -0.15) is 0 Å².